The molecule has 31 heavy (non-hydrogen) atoms. The van der Waals surface area contributed by atoms with E-state index in [-0.39, 0.29) is 11.7 Å². The average Bonchev–Trinajstić information content (AvgIpc) is 2.84. The van der Waals surface area contributed by atoms with Crippen molar-refractivity contribution in [2.45, 2.75) is 38.3 Å². The van der Waals surface area contributed by atoms with Gasteiger partial charge in [0.25, 0.3) is 0 Å². The van der Waals surface area contributed by atoms with E-state index in [4.69, 9.17) is 21.6 Å². The molecule has 2 aliphatic heterocycles. The van der Waals surface area contributed by atoms with Crippen LogP contribution in [-0.4, -0.2) is 60.4 Å². The molecule has 3 aliphatic rings. The van der Waals surface area contributed by atoms with Gasteiger partial charge in [0.2, 0.25) is 5.96 Å². The molecule has 0 radical (unpaired) electrons. The van der Waals surface area contributed by atoms with Crippen molar-refractivity contribution < 1.29 is 4.79 Å². The van der Waals surface area contributed by atoms with Crippen molar-refractivity contribution in [3.05, 3.63) is 46.3 Å². The number of carbonyl (C=O) groups excluding carboxylic acids is 1. The van der Waals surface area contributed by atoms with Gasteiger partial charge in [0, 0.05) is 36.5 Å². The van der Waals surface area contributed by atoms with Crippen LogP contribution in [0.15, 0.2) is 55.6 Å². The van der Waals surface area contributed by atoms with E-state index < -0.39 is 5.66 Å². The molecule has 162 valence electrons. The number of anilines is 1. The first-order valence-electron chi connectivity index (χ1n) is 10.5. The normalized spacial score (nSPS) is 25.1. The zero-order valence-corrected chi connectivity index (χ0v) is 18.9. The standard InChI is InChI=1S/C23H27ClN6O/c1-15-21(7-4-8-25-15)28-22-26-14-18-11-19(31)10-17-12-20(24)16(6-5-9-30(2)3)13-27-23(17,18)29-22/h4,7-8,12-14,18H,5-6,9-11H2,1-3H3,(H,28,29). The van der Waals surface area contributed by atoms with Crippen molar-refractivity contribution in [3.8, 4) is 0 Å². The maximum atomic E-state index is 12.4. The predicted octanol–water partition coefficient (Wildman–Crippen LogP) is 3.76. The number of rotatable bonds is 5. The molecule has 4 rings (SSSR count). The number of carbonyl (C=O) groups is 1. The highest BCUT2D eigenvalue weighted by atomic mass is 35.5. The van der Waals surface area contributed by atoms with Crippen LogP contribution in [0.2, 0.25) is 0 Å². The molecule has 2 unspecified atom stereocenters. The summed E-state index contributed by atoms with van der Waals surface area (Å²) >= 11 is 6.67. The van der Waals surface area contributed by atoms with Gasteiger partial charge in [-0.25, -0.2) is 9.98 Å². The van der Waals surface area contributed by atoms with Gasteiger partial charge in [0.15, 0.2) is 5.66 Å². The summed E-state index contributed by atoms with van der Waals surface area (Å²) in [6.07, 6.45) is 9.75. The summed E-state index contributed by atoms with van der Waals surface area (Å²) in [5.41, 5.74) is 2.60. The Balaban J connectivity index is 1.68. The van der Waals surface area contributed by atoms with E-state index in [1.165, 1.54) is 0 Å². The number of Topliss-reactive ketones (excluding diaryl/α,β-unsaturated/α-hetero) is 1. The third-order valence-corrected chi connectivity index (χ3v) is 6.16. The molecule has 1 aromatic heterocycles. The summed E-state index contributed by atoms with van der Waals surface area (Å²) in [6.45, 7) is 2.89. The predicted molar refractivity (Wildman–Crippen MR) is 126 cm³/mol. The molecule has 1 saturated carbocycles. The highest BCUT2D eigenvalue weighted by Crippen LogP contribution is 2.44. The molecule has 0 saturated heterocycles. The van der Waals surface area contributed by atoms with Crippen molar-refractivity contribution in [1.82, 2.24) is 9.88 Å². The van der Waals surface area contributed by atoms with Crippen LogP contribution < -0.4 is 5.32 Å². The van der Waals surface area contributed by atoms with Gasteiger partial charge >= 0.3 is 0 Å². The van der Waals surface area contributed by atoms with E-state index in [9.17, 15) is 4.79 Å². The number of pyridine rings is 1. The lowest BCUT2D eigenvalue weighted by molar-refractivity contribution is -0.120. The second-order valence-electron chi connectivity index (χ2n) is 8.43. The van der Waals surface area contributed by atoms with E-state index in [0.717, 1.165) is 41.9 Å². The molecule has 0 bridgehead atoms. The Morgan fingerprint density at radius 1 is 1.35 bits per heavy atom. The van der Waals surface area contributed by atoms with Crippen LogP contribution in [0, 0.1) is 12.8 Å². The lowest BCUT2D eigenvalue weighted by Gasteiger charge is -2.39. The van der Waals surface area contributed by atoms with Crippen molar-refractivity contribution >= 4 is 41.5 Å². The summed E-state index contributed by atoms with van der Waals surface area (Å²) in [5.74, 6) is 0.392. The largest absolute Gasteiger partial charge is 0.323 e. The van der Waals surface area contributed by atoms with E-state index >= 15 is 0 Å². The SMILES string of the molecule is Cc1ncccc1NC1=NC23N=CC(CCCN(C)C)=C(Cl)C=C2CC(=O)CC3C=N1. The van der Waals surface area contributed by atoms with Crippen LogP contribution in [0.4, 0.5) is 5.69 Å². The zero-order chi connectivity index (χ0) is 22.0. The first-order chi connectivity index (χ1) is 14.9. The molecule has 0 amide bonds. The maximum absolute atomic E-state index is 12.4. The third-order valence-electron chi connectivity index (χ3n) is 5.81. The Kier molecular flexibility index (Phi) is 6.16. The number of nitrogens with zero attached hydrogens (tertiary/aromatic N) is 5. The molecule has 1 N–H and O–H groups in total. The van der Waals surface area contributed by atoms with Gasteiger partial charge in [0.1, 0.15) is 5.78 Å². The van der Waals surface area contributed by atoms with E-state index in [0.29, 0.717) is 23.8 Å². The van der Waals surface area contributed by atoms with Gasteiger partial charge < -0.3 is 10.2 Å². The third kappa shape index (κ3) is 4.52. The van der Waals surface area contributed by atoms with Crippen molar-refractivity contribution in [2.24, 2.45) is 20.9 Å². The van der Waals surface area contributed by atoms with Gasteiger partial charge in [-0.05, 0) is 69.8 Å². The number of aliphatic imine (C=N–C) groups is 3. The summed E-state index contributed by atoms with van der Waals surface area (Å²) in [6, 6.07) is 3.80. The van der Waals surface area contributed by atoms with Crippen LogP contribution in [0.3, 0.4) is 0 Å². The Morgan fingerprint density at radius 3 is 2.97 bits per heavy atom. The molecule has 0 aromatic carbocycles. The van der Waals surface area contributed by atoms with Gasteiger partial charge in [-0.2, -0.15) is 0 Å². The highest BCUT2D eigenvalue weighted by molar-refractivity contribution is 6.33. The summed E-state index contributed by atoms with van der Waals surface area (Å²) < 4.78 is 0. The summed E-state index contributed by atoms with van der Waals surface area (Å²) in [7, 11) is 4.11. The minimum atomic E-state index is -0.891. The van der Waals surface area contributed by atoms with Gasteiger partial charge in [-0.3, -0.25) is 14.8 Å². The number of hydrogen-bond donors (Lipinski definition) is 1. The number of nitrogens with one attached hydrogen (secondary N) is 1. The molecule has 1 aromatic rings. The van der Waals surface area contributed by atoms with Crippen LogP contribution in [0.1, 0.15) is 31.4 Å². The van der Waals surface area contributed by atoms with Gasteiger partial charge in [-0.15, -0.1) is 0 Å². The summed E-state index contributed by atoms with van der Waals surface area (Å²) in [5, 5.41) is 3.90. The lowest BCUT2D eigenvalue weighted by atomic mass is 9.75. The Morgan fingerprint density at radius 2 is 2.19 bits per heavy atom. The van der Waals surface area contributed by atoms with Gasteiger partial charge in [0.05, 0.1) is 17.3 Å². The number of allylic oxidation sites excluding steroid dienone is 3. The topological polar surface area (TPSA) is 82.3 Å². The second-order valence-corrected chi connectivity index (χ2v) is 8.84. The van der Waals surface area contributed by atoms with Gasteiger partial charge in [-0.1, -0.05) is 11.6 Å². The Labute approximate surface area is 187 Å². The van der Waals surface area contributed by atoms with E-state index in [2.05, 4.69) is 34.3 Å². The fourth-order valence-electron chi connectivity index (χ4n) is 4.12. The monoisotopic (exact) mass is 438 g/mol. The molecule has 1 fully saturated rings. The Hall–Kier alpha value is -2.64. The number of hydrogen-bond acceptors (Lipinski definition) is 7. The fourth-order valence-corrected chi connectivity index (χ4v) is 4.39. The molecule has 1 aliphatic carbocycles. The first kappa shape index (κ1) is 21.6. The van der Waals surface area contributed by atoms with E-state index in [1.807, 2.05) is 31.3 Å². The number of aryl methyl sites for hydroxylation is 1. The summed E-state index contributed by atoms with van der Waals surface area (Å²) in [4.78, 5) is 33.3. The second kappa shape index (κ2) is 8.85. The maximum Gasteiger partial charge on any atom is 0.224 e. The minimum absolute atomic E-state index is 0.156. The molecule has 2 atom stereocenters. The van der Waals surface area contributed by atoms with Crippen LogP contribution in [0.25, 0.3) is 0 Å². The van der Waals surface area contributed by atoms with E-state index in [1.54, 1.807) is 12.4 Å². The molecular weight excluding hydrogens is 412 g/mol. The first-order valence-corrected chi connectivity index (χ1v) is 10.9. The molecule has 3 heterocycles. The zero-order valence-electron chi connectivity index (χ0n) is 18.1. The van der Waals surface area contributed by atoms with Crippen molar-refractivity contribution in [1.29, 1.82) is 0 Å². The van der Waals surface area contributed by atoms with Crippen molar-refractivity contribution in [3.63, 3.8) is 0 Å². The Bertz CT molecular complexity index is 1040. The number of ketones is 1. The van der Waals surface area contributed by atoms with Crippen LogP contribution >= 0.6 is 11.6 Å². The smallest absolute Gasteiger partial charge is 0.224 e. The van der Waals surface area contributed by atoms with Crippen molar-refractivity contribution in [2.75, 3.05) is 26.0 Å². The molecule has 7 nitrogen and oxygen atoms in total. The number of aromatic nitrogens is 1. The molecule has 8 heteroatoms. The highest BCUT2D eigenvalue weighted by Gasteiger charge is 2.48. The van der Waals surface area contributed by atoms with Crippen LogP contribution in [0.5, 0.6) is 0 Å². The molecular formula is C23H27ClN6O. The number of guanidine groups is 1. The van der Waals surface area contributed by atoms with Crippen LogP contribution in [-0.2, 0) is 4.79 Å². The number of halogens is 1. The molecule has 1 spiro atoms. The average molecular weight is 439 g/mol. The fraction of sp³-hybridized carbons (Fsp3) is 0.435. The minimum Gasteiger partial charge on any atom is -0.323 e. The lowest BCUT2D eigenvalue weighted by Crippen LogP contribution is -2.46. The quantitative estimate of drug-likeness (QED) is 0.758.